The van der Waals surface area contributed by atoms with Gasteiger partial charge in [-0.05, 0) is 37.1 Å². The number of nitrogens with zero attached hydrogens (tertiary/aromatic N) is 3. The molecule has 0 aliphatic rings. The van der Waals surface area contributed by atoms with Crippen LogP contribution in [0.5, 0.6) is 5.75 Å². The third kappa shape index (κ3) is 4.24. The van der Waals surface area contributed by atoms with Crippen molar-refractivity contribution in [2.45, 2.75) is 25.6 Å². The first-order valence-corrected chi connectivity index (χ1v) is 7.77. The lowest BCUT2D eigenvalue weighted by molar-refractivity contribution is -0.137. The summed E-state index contributed by atoms with van der Waals surface area (Å²) in [7, 11) is 3.21. The minimum atomic E-state index is -0.291. The topological polar surface area (TPSA) is 66.2 Å². The van der Waals surface area contributed by atoms with Crippen LogP contribution < -0.4 is 4.74 Å². The Hall–Kier alpha value is -2.02. The molecule has 0 atom stereocenters. The van der Waals surface area contributed by atoms with Gasteiger partial charge in [-0.15, -0.1) is 10.2 Å². The Morgan fingerprint density at radius 3 is 2.55 bits per heavy atom. The first kappa shape index (κ1) is 16.4. The molecule has 0 aliphatic carbocycles. The Kier molecular flexibility index (Phi) is 5.43. The van der Waals surface area contributed by atoms with E-state index in [0.29, 0.717) is 17.6 Å². The number of hydrogen-bond donors (Lipinski definition) is 0. The average molecular weight is 321 g/mol. The summed E-state index contributed by atoms with van der Waals surface area (Å²) in [6, 6.07) is 6.06. The zero-order valence-electron chi connectivity index (χ0n) is 13.1. The van der Waals surface area contributed by atoms with Gasteiger partial charge in [-0.3, -0.25) is 4.79 Å². The number of benzene rings is 1. The Morgan fingerprint density at radius 2 is 1.91 bits per heavy atom. The number of hydrogen-bond acceptors (Lipinski definition) is 6. The van der Waals surface area contributed by atoms with E-state index in [4.69, 9.17) is 4.74 Å². The molecule has 22 heavy (non-hydrogen) atoms. The predicted octanol–water partition coefficient (Wildman–Crippen LogP) is 2.28. The van der Waals surface area contributed by atoms with Crippen LogP contribution in [0.3, 0.4) is 0 Å². The van der Waals surface area contributed by atoms with Gasteiger partial charge in [0.15, 0.2) is 11.0 Å². The smallest absolute Gasteiger partial charge is 0.316 e. The van der Waals surface area contributed by atoms with E-state index in [9.17, 15) is 4.79 Å². The number of thioether (sulfide) groups is 1. The van der Waals surface area contributed by atoms with Gasteiger partial charge in [0.2, 0.25) is 0 Å². The summed E-state index contributed by atoms with van der Waals surface area (Å²) < 4.78 is 12.2. The van der Waals surface area contributed by atoms with E-state index in [2.05, 4.69) is 21.0 Å². The minimum Gasteiger partial charge on any atom is -0.486 e. The van der Waals surface area contributed by atoms with E-state index >= 15 is 0 Å². The molecule has 0 spiro atoms. The zero-order chi connectivity index (χ0) is 16.1. The van der Waals surface area contributed by atoms with E-state index in [-0.39, 0.29) is 11.7 Å². The third-order valence-corrected chi connectivity index (χ3v) is 4.03. The standard InChI is InChI=1S/C15H19N3O3S/c1-10-5-11(2)7-12(6-10)21-8-13-16-17-15(18(13)3)22-9-14(19)20-4/h5-7H,8-9H2,1-4H3. The van der Waals surface area contributed by atoms with Crippen LogP contribution in [-0.2, 0) is 23.2 Å². The van der Waals surface area contributed by atoms with Gasteiger partial charge in [0, 0.05) is 7.05 Å². The number of aryl methyl sites for hydroxylation is 2. The van der Waals surface area contributed by atoms with E-state index < -0.39 is 0 Å². The van der Waals surface area contributed by atoms with Crippen molar-refractivity contribution >= 4 is 17.7 Å². The van der Waals surface area contributed by atoms with E-state index in [1.54, 1.807) is 0 Å². The SMILES string of the molecule is COC(=O)CSc1nnc(COc2cc(C)cc(C)c2)n1C. The predicted molar refractivity (Wildman–Crippen MR) is 84.0 cm³/mol. The molecular weight excluding hydrogens is 302 g/mol. The van der Waals surface area contributed by atoms with E-state index in [1.165, 1.54) is 18.9 Å². The van der Waals surface area contributed by atoms with Crippen molar-refractivity contribution in [3.63, 3.8) is 0 Å². The molecule has 0 saturated heterocycles. The molecule has 0 N–H and O–H groups in total. The van der Waals surface area contributed by atoms with Crippen LogP contribution in [0.2, 0.25) is 0 Å². The molecule has 0 saturated carbocycles. The Labute approximate surface area is 133 Å². The first-order chi connectivity index (χ1) is 10.5. The number of ether oxygens (including phenoxy) is 2. The van der Waals surface area contributed by atoms with Crippen molar-refractivity contribution in [2.75, 3.05) is 12.9 Å². The number of esters is 1. The molecule has 0 fully saturated rings. The molecule has 0 amide bonds. The Bertz CT molecular complexity index is 650. The van der Waals surface area contributed by atoms with E-state index in [1.807, 2.05) is 37.6 Å². The summed E-state index contributed by atoms with van der Waals surface area (Å²) >= 11 is 1.29. The van der Waals surface area contributed by atoms with Crippen LogP contribution in [0.1, 0.15) is 17.0 Å². The molecule has 6 nitrogen and oxygen atoms in total. The maximum Gasteiger partial charge on any atom is 0.316 e. The monoisotopic (exact) mass is 321 g/mol. The molecule has 118 valence electrons. The summed E-state index contributed by atoms with van der Waals surface area (Å²) in [5, 5.41) is 8.81. The molecule has 0 aliphatic heterocycles. The Morgan fingerprint density at radius 1 is 1.23 bits per heavy atom. The van der Waals surface area contributed by atoms with Gasteiger partial charge in [0.25, 0.3) is 0 Å². The highest BCUT2D eigenvalue weighted by Crippen LogP contribution is 2.19. The van der Waals surface area contributed by atoms with Gasteiger partial charge < -0.3 is 14.0 Å². The van der Waals surface area contributed by atoms with Crippen molar-refractivity contribution < 1.29 is 14.3 Å². The van der Waals surface area contributed by atoms with Crippen molar-refractivity contribution in [1.29, 1.82) is 0 Å². The molecule has 1 aromatic heterocycles. The van der Waals surface area contributed by atoms with Gasteiger partial charge in [0.1, 0.15) is 12.4 Å². The highest BCUT2D eigenvalue weighted by atomic mass is 32.2. The third-order valence-electron chi connectivity index (χ3n) is 3.04. The summed E-state index contributed by atoms with van der Waals surface area (Å²) in [6.45, 7) is 4.39. The molecule has 2 aromatic rings. The second-order valence-electron chi connectivity index (χ2n) is 4.93. The fourth-order valence-corrected chi connectivity index (χ4v) is 2.71. The van der Waals surface area contributed by atoms with Crippen LogP contribution in [0.4, 0.5) is 0 Å². The van der Waals surface area contributed by atoms with Crippen LogP contribution in [0.25, 0.3) is 0 Å². The summed E-state index contributed by atoms with van der Waals surface area (Å²) in [6.07, 6.45) is 0. The molecule has 0 bridgehead atoms. The van der Waals surface area contributed by atoms with E-state index in [0.717, 1.165) is 16.9 Å². The van der Waals surface area contributed by atoms with Crippen LogP contribution >= 0.6 is 11.8 Å². The average Bonchev–Trinajstić information content (AvgIpc) is 2.82. The molecule has 2 rings (SSSR count). The molecular formula is C15H19N3O3S. The number of rotatable bonds is 6. The van der Waals surface area contributed by atoms with Crippen LogP contribution in [0, 0.1) is 13.8 Å². The number of methoxy groups -OCH3 is 1. The summed E-state index contributed by atoms with van der Waals surface area (Å²) in [5.74, 6) is 1.43. The molecule has 0 unspecified atom stereocenters. The van der Waals surface area contributed by atoms with Gasteiger partial charge in [0.05, 0.1) is 12.9 Å². The lowest BCUT2D eigenvalue weighted by Gasteiger charge is -2.08. The van der Waals surface area contributed by atoms with Gasteiger partial charge >= 0.3 is 5.97 Å². The van der Waals surface area contributed by atoms with Gasteiger partial charge in [-0.2, -0.15) is 0 Å². The van der Waals surface area contributed by atoms with Crippen molar-refractivity contribution in [1.82, 2.24) is 14.8 Å². The summed E-state index contributed by atoms with van der Waals surface area (Å²) in [5.41, 5.74) is 2.31. The molecule has 1 aromatic carbocycles. The molecule has 0 radical (unpaired) electrons. The van der Waals surface area contributed by atoms with Crippen molar-refractivity contribution in [3.8, 4) is 5.75 Å². The quantitative estimate of drug-likeness (QED) is 0.601. The minimum absolute atomic E-state index is 0.209. The van der Waals surface area contributed by atoms with Crippen LogP contribution in [0.15, 0.2) is 23.4 Å². The largest absolute Gasteiger partial charge is 0.486 e. The highest BCUT2D eigenvalue weighted by Gasteiger charge is 2.12. The second-order valence-corrected chi connectivity index (χ2v) is 5.88. The first-order valence-electron chi connectivity index (χ1n) is 6.78. The highest BCUT2D eigenvalue weighted by molar-refractivity contribution is 7.99. The summed E-state index contributed by atoms with van der Waals surface area (Å²) in [4.78, 5) is 11.2. The lowest BCUT2D eigenvalue weighted by atomic mass is 10.1. The number of aromatic nitrogens is 3. The number of carbonyl (C=O) groups is 1. The number of carbonyl (C=O) groups excluding carboxylic acids is 1. The normalized spacial score (nSPS) is 10.5. The molecule has 7 heteroatoms. The Balaban J connectivity index is 1.98. The fraction of sp³-hybridized carbons (Fsp3) is 0.400. The maximum absolute atomic E-state index is 11.2. The van der Waals surface area contributed by atoms with Crippen molar-refractivity contribution in [3.05, 3.63) is 35.2 Å². The van der Waals surface area contributed by atoms with Crippen LogP contribution in [-0.4, -0.2) is 33.6 Å². The van der Waals surface area contributed by atoms with Gasteiger partial charge in [-0.1, -0.05) is 17.8 Å². The lowest BCUT2D eigenvalue weighted by Crippen LogP contribution is -2.06. The second kappa shape index (κ2) is 7.31. The maximum atomic E-state index is 11.2. The van der Waals surface area contributed by atoms with Crippen molar-refractivity contribution in [2.24, 2.45) is 7.05 Å². The zero-order valence-corrected chi connectivity index (χ0v) is 13.9. The molecule has 1 heterocycles. The fourth-order valence-electron chi connectivity index (χ4n) is 1.94. The van der Waals surface area contributed by atoms with Gasteiger partial charge in [-0.25, -0.2) is 0 Å².